The van der Waals surface area contributed by atoms with Gasteiger partial charge in [-0.25, -0.2) is 4.98 Å². The van der Waals surface area contributed by atoms with Crippen LogP contribution in [0.25, 0.3) is 0 Å². The van der Waals surface area contributed by atoms with Crippen LogP contribution in [0.1, 0.15) is 31.1 Å². The molecule has 1 aromatic carbocycles. The van der Waals surface area contributed by atoms with Gasteiger partial charge in [-0.2, -0.15) is 0 Å². The van der Waals surface area contributed by atoms with Gasteiger partial charge in [0.15, 0.2) is 0 Å². The van der Waals surface area contributed by atoms with Gasteiger partial charge in [0.1, 0.15) is 11.9 Å². The molecule has 32 heavy (non-hydrogen) atoms. The number of amides is 2. The number of carbonyl (C=O) groups is 2. The summed E-state index contributed by atoms with van der Waals surface area (Å²) >= 11 is 0. The van der Waals surface area contributed by atoms with E-state index in [1.807, 2.05) is 42.2 Å². The van der Waals surface area contributed by atoms with Crippen molar-refractivity contribution in [1.82, 2.24) is 14.8 Å². The average Bonchev–Trinajstić information content (AvgIpc) is 2.77. The standard InChI is InChI=1S/C24H32N6O2/c1-16(2)30-17(3)23(31)28(5)21-15-25-22(14-20(21)30)26-19-8-6-7-18(13-19)24(32)29-11-9-27(4)10-12-29/h6-8,13-17H,9-12H2,1-5H3,(H,25,26). The van der Waals surface area contributed by atoms with Crippen molar-refractivity contribution >= 4 is 34.7 Å². The van der Waals surface area contributed by atoms with Gasteiger partial charge in [0.2, 0.25) is 5.91 Å². The molecular formula is C24H32N6O2. The second-order valence-electron chi connectivity index (χ2n) is 8.93. The highest BCUT2D eigenvalue weighted by atomic mass is 16.2. The van der Waals surface area contributed by atoms with Crippen LogP contribution < -0.4 is 15.1 Å². The molecule has 2 aliphatic heterocycles. The largest absolute Gasteiger partial charge is 0.355 e. The number of rotatable bonds is 4. The number of nitrogens with one attached hydrogen (secondary N) is 1. The molecule has 0 aliphatic carbocycles. The van der Waals surface area contributed by atoms with E-state index < -0.39 is 0 Å². The Labute approximate surface area is 189 Å². The number of anilines is 4. The number of pyridine rings is 1. The molecule has 3 heterocycles. The normalized spacial score (nSPS) is 19.4. The van der Waals surface area contributed by atoms with E-state index in [4.69, 9.17) is 0 Å². The van der Waals surface area contributed by atoms with E-state index >= 15 is 0 Å². The molecule has 1 saturated heterocycles. The van der Waals surface area contributed by atoms with Crippen LogP contribution in [0.2, 0.25) is 0 Å². The smallest absolute Gasteiger partial charge is 0.254 e. The molecule has 1 aromatic heterocycles. The molecule has 1 N–H and O–H groups in total. The number of benzene rings is 1. The van der Waals surface area contributed by atoms with Gasteiger partial charge in [0, 0.05) is 56.6 Å². The third-order valence-electron chi connectivity index (χ3n) is 6.34. The van der Waals surface area contributed by atoms with Crippen molar-refractivity contribution in [3.63, 3.8) is 0 Å². The van der Waals surface area contributed by atoms with Gasteiger partial charge in [-0.3, -0.25) is 9.59 Å². The maximum Gasteiger partial charge on any atom is 0.254 e. The predicted molar refractivity (Wildman–Crippen MR) is 128 cm³/mol. The van der Waals surface area contributed by atoms with E-state index in [1.165, 1.54) is 0 Å². The third kappa shape index (κ3) is 4.14. The van der Waals surface area contributed by atoms with Crippen molar-refractivity contribution in [2.24, 2.45) is 0 Å². The van der Waals surface area contributed by atoms with Crippen LogP contribution in [0, 0.1) is 0 Å². The Balaban J connectivity index is 1.57. The zero-order chi connectivity index (χ0) is 23.0. The lowest BCUT2D eigenvalue weighted by atomic mass is 10.1. The second-order valence-corrected chi connectivity index (χ2v) is 8.93. The van der Waals surface area contributed by atoms with Gasteiger partial charge in [-0.1, -0.05) is 6.07 Å². The van der Waals surface area contributed by atoms with Crippen LogP contribution in [-0.2, 0) is 4.79 Å². The molecule has 8 heteroatoms. The Morgan fingerprint density at radius 3 is 2.50 bits per heavy atom. The molecular weight excluding hydrogens is 404 g/mol. The van der Waals surface area contributed by atoms with Gasteiger partial charge in [0.05, 0.1) is 17.6 Å². The van der Waals surface area contributed by atoms with E-state index in [2.05, 4.69) is 41.0 Å². The third-order valence-corrected chi connectivity index (χ3v) is 6.34. The highest BCUT2D eigenvalue weighted by Crippen LogP contribution is 2.38. The summed E-state index contributed by atoms with van der Waals surface area (Å²) in [5.41, 5.74) is 3.24. The first-order chi connectivity index (χ1) is 15.3. The number of aromatic nitrogens is 1. The SMILES string of the molecule is CC(C)N1c2cc(Nc3cccc(C(=O)N4CCN(C)CC4)c3)ncc2N(C)C(=O)C1C. The average molecular weight is 437 g/mol. The summed E-state index contributed by atoms with van der Waals surface area (Å²) in [6.07, 6.45) is 1.73. The number of likely N-dealkylation sites (N-methyl/N-ethyl adjacent to an activating group) is 2. The molecule has 0 radical (unpaired) electrons. The van der Waals surface area contributed by atoms with Crippen LogP contribution in [0.4, 0.5) is 22.9 Å². The fourth-order valence-electron chi connectivity index (χ4n) is 4.49. The predicted octanol–water partition coefficient (Wildman–Crippen LogP) is 2.79. The Hall–Kier alpha value is -3.13. The Bertz CT molecular complexity index is 1020. The summed E-state index contributed by atoms with van der Waals surface area (Å²) in [5.74, 6) is 0.789. The Kier molecular flexibility index (Phi) is 6.06. The number of fused-ring (bicyclic) bond motifs is 1. The highest BCUT2D eigenvalue weighted by Gasteiger charge is 2.35. The van der Waals surface area contributed by atoms with E-state index in [0.717, 1.165) is 43.2 Å². The molecule has 2 aromatic rings. The van der Waals surface area contributed by atoms with Crippen LogP contribution in [0.5, 0.6) is 0 Å². The zero-order valence-electron chi connectivity index (χ0n) is 19.5. The van der Waals surface area contributed by atoms with Crippen molar-refractivity contribution in [3.05, 3.63) is 42.1 Å². The van der Waals surface area contributed by atoms with Gasteiger partial charge in [-0.15, -0.1) is 0 Å². The maximum absolute atomic E-state index is 12.9. The molecule has 2 amide bonds. The summed E-state index contributed by atoms with van der Waals surface area (Å²) in [6, 6.07) is 9.45. The van der Waals surface area contributed by atoms with E-state index in [9.17, 15) is 9.59 Å². The summed E-state index contributed by atoms with van der Waals surface area (Å²) in [5, 5.41) is 3.34. The van der Waals surface area contributed by atoms with Gasteiger partial charge < -0.3 is 24.9 Å². The number of piperazine rings is 1. The minimum Gasteiger partial charge on any atom is -0.355 e. The lowest BCUT2D eigenvalue weighted by molar-refractivity contribution is -0.119. The molecule has 4 rings (SSSR count). The monoisotopic (exact) mass is 436 g/mol. The molecule has 1 fully saturated rings. The number of hydrogen-bond acceptors (Lipinski definition) is 6. The van der Waals surface area contributed by atoms with Crippen LogP contribution in [0.15, 0.2) is 36.5 Å². The Morgan fingerprint density at radius 2 is 1.81 bits per heavy atom. The number of hydrogen-bond donors (Lipinski definition) is 1. The van der Waals surface area contributed by atoms with E-state index in [1.54, 1.807) is 18.1 Å². The molecule has 0 spiro atoms. The van der Waals surface area contributed by atoms with Crippen LogP contribution in [0.3, 0.4) is 0 Å². The van der Waals surface area contributed by atoms with Crippen LogP contribution in [-0.4, -0.2) is 79.0 Å². The quantitative estimate of drug-likeness (QED) is 0.795. The summed E-state index contributed by atoms with van der Waals surface area (Å²) < 4.78 is 0. The van der Waals surface area contributed by atoms with Crippen molar-refractivity contribution in [2.75, 3.05) is 55.4 Å². The fraction of sp³-hybridized carbons (Fsp3) is 0.458. The number of carbonyl (C=O) groups excluding carboxylic acids is 2. The van der Waals surface area contributed by atoms with E-state index in [0.29, 0.717) is 11.4 Å². The fourth-order valence-corrected chi connectivity index (χ4v) is 4.49. The van der Waals surface area contributed by atoms with Crippen molar-refractivity contribution in [3.8, 4) is 0 Å². The molecule has 1 unspecified atom stereocenters. The van der Waals surface area contributed by atoms with E-state index in [-0.39, 0.29) is 23.9 Å². The van der Waals surface area contributed by atoms with Crippen LogP contribution >= 0.6 is 0 Å². The van der Waals surface area contributed by atoms with Gasteiger partial charge in [-0.05, 0) is 46.0 Å². The molecule has 0 saturated carbocycles. The maximum atomic E-state index is 12.9. The summed E-state index contributed by atoms with van der Waals surface area (Å²) in [7, 11) is 3.87. The lowest BCUT2D eigenvalue weighted by Gasteiger charge is -2.42. The number of nitrogens with zero attached hydrogens (tertiary/aromatic N) is 5. The van der Waals surface area contributed by atoms with Gasteiger partial charge >= 0.3 is 0 Å². The molecule has 8 nitrogen and oxygen atoms in total. The first kappa shape index (κ1) is 22.1. The van der Waals surface area contributed by atoms with Gasteiger partial charge in [0.25, 0.3) is 5.91 Å². The molecule has 0 bridgehead atoms. The minimum atomic E-state index is -0.243. The molecule has 170 valence electrons. The highest BCUT2D eigenvalue weighted by molar-refractivity contribution is 6.05. The Morgan fingerprint density at radius 1 is 1.09 bits per heavy atom. The van der Waals surface area contributed by atoms with Crippen molar-refractivity contribution in [1.29, 1.82) is 0 Å². The topological polar surface area (TPSA) is 72.0 Å². The summed E-state index contributed by atoms with van der Waals surface area (Å²) in [6.45, 7) is 9.38. The zero-order valence-corrected chi connectivity index (χ0v) is 19.5. The molecule has 1 atom stereocenters. The minimum absolute atomic E-state index is 0.0556. The lowest BCUT2D eigenvalue weighted by Crippen LogP contribution is -2.53. The second kappa shape index (κ2) is 8.78. The van der Waals surface area contributed by atoms with Crippen molar-refractivity contribution in [2.45, 2.75) is 32.9 Å². The molecule has 2 aliphatic rings. The van der Waals surface area contributed by atoms with Crippen molar-refractivity contribution < 1.29 is 9.59 Å². The first-order valence-corrected chi connectivity index (χ1v) is 11.2. The first-order valence-electron chi connectivity index (χ1n) is 11.2. The summed E-state index contributed by atoms with van der Waals surface area (Å²) in [4.78, 5) is 38.0.